The predicted molar refractivity (Wildman–Crippen MR) is 85.1 cm³/mol. The fraction of sp³-hybridized carbons (Fsp3) is 0.667. The summed E-state index contributed by atoms with van der Waals surface area (Å²) < 4.78 is 32.1. The molecule has 6 nitrogen and oxygen atoms in total. The molecule has 1 aromatic heterocycles. The lowest BCUT2D eigenvalue weighted by molar-refractivity contribution is -0.0604. The molecule has 1 N–H and O–H groups in total. The molecule has 7 heteroatoms. The van der Waals surface area contributed by atoms with Crippen molar-refractivity contribution in [2.45, 2.75) is 31.9 Å². The van der Waals surface area contributed by atoms with Gasteiger partial charge in [0.2, 0.25) is 10.0 Å². The fourth-order valence-corrected chi connectivity index (χ4v) is 4.51. The first-order chi connectivity index (χ1) is 10.6. The molecule has 22 heavy (non-hydrogen) atoms. The van der Waals surface area contributed by atoms with Gasteiger partial charge in [-0.25, -0.2) is 13.4 Å². The lowest BCUT2D eigenvalue weighted by atomic mass is 9.86. The van der Waals surface area contributed by atoms with Gasteiger partial charge in [-0.05, 0) is 31.9 Å². The number of fused-ring (bicyclic) bond motifs is 1. The van der Waals surface area contributed by atoms with E-state index in [1.807, 2.05) is 18.2 Å². The number of pyridine rings is 1. The van der Waals surface area contributed by atoms with Crippen molar-refractivity contribution in [3.8, 4) is 0 Å². The van der Waals surface area contributed by atoms with Gasteiger partial charge in [0, 0.05) is 31.8 Å². The number of nitrogens with zero attached hydrogens (tertiary/aromatic N) is 2. The van der Waals surface area contributed by atoms with E-state index in [4.69, 9.17) is 4.74 Å². The molecule has 2 aliphatic rings. The number of aromatic nitrogens is 1. The highest BCUT2D eigenvalue weighted by molar-refractivity contribution is 7.89. The SMILES string of the molecule is CCS(=O)(=O)N1C[C@@H]2CCCO[C@@H]2[C@H](Nc2ccccn2)C1. The smallest absolute Gasteiger partial charge is 0.213 e. The number of hydrogen-bond acceptors (Lipinski definition) is 5. The second-order valence-corrected chi connectivity index (χ2v) is 8.18. The molecule has 0 radical (unpaired) electrons. The molecular weight excluding hydrogens is 302 g/mol. The number of rotatable bonds is 4. The van der Waals surface area contributed by atoms with Gasteiger partial charge in [-0.15, -0.1) is 0 Å². The van der Waals surface area contributed by atoms with Crippen molar-refractivity contribution in [2.75, 3.05) is 30.8 Å². The summed E-state index contributed by atoms with van der Waals surface area (Å²) in [5.41, 5.74) is 0. The highest BCUT2D eigenvalue weighted by atomic mass is 32.2. The molecule has 2 saturated heterocycles. The Morgan fingerprint density at radius 3 is 3.00 bits per heavy atom. The maximum atomic E-state index is 12.3. The van der Waals surface area contributed by atoms with Crippen molar-refractivity contribution >= 4 is 15.8 Å². The first kappa shape index (κ1) is 15.7. The average Bonchev–Trinajstić information content (AvgIpc) is 2.55. The van der Waals surface area contributed by atoms with Crippen molar-refractivity contribution in [3.05, 3.63) is 24.4 Å². The van der Waals surface area contributed by atoms with Crippen LogP contribution in [0.2, 0.25) is 0 Å². The number of anilines is 1. The minimum atomic E-state index is -3.18. The van der Waals surface area contributed by atoms with Crippen LogP contribution in [0.1, 0.15) is 19.8 Å². The lowest BCUT2D eigenvalue weighted by Gasteiger charge is -2.45. The van der Waals surface area contributed by atoms with Gasteiger partial charge in [-0.3, -0.25) is 0 Å². The summed E-state index contributed by atoms with van der Waals surface area (Å²) in [7, 11) is -3.18. The summed E-state index contributed by atoms with van der Waals surface area (Å²) in [5.74, 6) is 1.16. The van der Waals surface area contributed by atoms with Gasteiger partial charge < -0.3 is 10.1 Å². The predicted octanol–water partition coefficient (Wildman–Crippen LogP) is 1.32. The van der Waals surface area contributed by atoms with Crippen molar-refractivity contribution in [3.63, 3.8) is 0 Å². The van der Waals surface area contributed by atoms with Crippen LogP contribution in [0, 0.1) is 5.92 Å². The third-order valence-corrected chi connectivity index (χ3v) is 6.30. The molecule has 122 valence electrons. The third-order valence-electron chi connectivity index (χ3n) is 4.49. The Hall–Kier alpha value is -1.18. The molecule has 0 bridgehead atoms. The van der Waals surface area contributed by atoms with E-state index in [-0.39, 0.29) is 23.8 Å². The molecule has 0 aromatic carbocycles. The van der Waals surface area contributed by atoms with Gasteiger partial charge in [0.25, 0.3) is 0 Å². The van der Waals surface area contributed by atoms with Crippen LogP contribution < -0.4 is 5.32 Å². The van der Waals surface area contributed by atoms with E-state index in [0.29, 0.717) is 13.1 Å². The van der Waals surface area contributed by atoms with Crippen LogP contribution in [0.4, 0.5) is 5.82 Å². The number of piperidine rings is 1. The van der Waals surface area contributed by atoms with Crippen LogP contribution in [0.3, 0.4) is 0 Å². The summed E-state index contributed by atoms with van der Waals surface area (Å²) in [6.07, 6.45) is 3.79. The van der Waals surface area contributed by atoms with Gasteiger partial charge in [0.1, 0.15) is 5.82 Å². The second kappa shape index (κ2) is 6.52. The van der Waals surface area contributed by atoms with Crippen molar-refractivity contribution in [1.29, 1.82) is 0 Å². The van der Waals surface area contributed by atoms with Crippen LogP contribution in [0.25, 0.3) is 0 Å². The minimum absolute atomic E-state index is 0.0547. The zero-order valence-electron chi connectivity index (χ0n) is 12.8. The van der Waals surface area contributed by atoms with E-state index < -0.39 is 10.0 Å². The molecule has 2 aliphatic heterocycles. The summed E-state index contributed by atoms with van der Waals surface area (Å²) >= 11 is 0. The monoisotopic (exact) mass is 325 g/mol. The molecular formula is C15H23N3O3S. The number of hydrogen-bond donors (Lipinski definition) is 1. The first-order valence-electron chi connectivity index (χ1n) is 7.87. The largest absolute Gasteiger partial charge is 0.376 e. The van der Waals surface area contributed by atoms with E-state index in [2.05, 4.69) is 10.3 Å². The Morgan fingerprint density at radius 1 is 1.41 bits per heavy atom. The van der Waals surface area contributed by atoms with Crippen LogP contribution in [0.5, 0.6) is 0 Å². The summed E-state index contributed by atoms with van der Waals surface area (Å²) in [4.78, 5) is 4.28. The number of sulfonamides is 1. The zero-order chi connectivity index (χ0) is 15.6. The number of nitrogens with one attached hydrogen (secondary N) is 1. The van der Waals surface area contributed by atoms with E-state index in [1.54, 1.807) is 17.4 Å². The molecule has 0 spiro atoms. The summed E-state index contributed by atoms with van der Waals surface area (Å²) in [6, 6.07) is 5.61. The molecule has 1 aromatic rings. The van der Waals surface area contributed by atoms with Gasteiger partial charge in [0.15, 0.2) is 0 Å². The van der Waals surface area contributed by atoms with Crippen LogP contribution in [-0.2, 0) is 14.8 Å². The number of ether oxygens (including phenoxy) is 1. The average molecular weight is 325 g/mol. The molecule has 3 heterocycles. The van der Waals surface area contributed by atoms with Gasteiger partial charge in [0.05, 0.1) is 17.9 Å². The van der Waals surface area contributed by atoms with E-state index in [1.165, 1.54) is 0 Å². The molecule has 0 aliphatic carbocycles. The third kappa shape index (κ3) is 3.26. The van der Waals surface area contributed by atoms with E-state index in [0.717, 1.165) is 25.3 Å². The van der Waals surface area contributed by atoms with Gasteiger partial charge in [-0.2, -0.15) is 4.31 Å². The molecule has 0 unspecified atom stereocenters. The Kier molecular flexibility index (Phi) is 4.65. The standard InChI is InChI=1S/C15H23N3O3S/c1-2-22(19,20)18-10-12-6-5-9-21-15(12)13(11-18)17-14-7-3-4-8-16-14/h3-4,7-8,12-13,15H,2,5-6,9-11H2,1H3,(H,16,17)/t12-,13+,15-/m0/s1. The maximum absolute atomic E-state index is 12.3. The Bertz CT molecular complexity index is 593. The van der Waals surface area contributed by atoms with Crippen molar-refractivity contribution in [2.24, 2.45) is 5.92 Å². The van der Waals surface area contributed by atoms with Crippen molar-refractivity contribution < 1.29 is 13.2 Å². The van der Waals surface area contributed by atoms with Crippen LogP contribution in [0.15, 0.2) is 24.4 Å². The minimum Gasteiger partial charge on any atom is -0.376 e. The molecule has 0 amide bonds. The van der Waals surface area contributed by atoms with Crippen LogP contribution >= 0.6 is 0 Å². The fourth-order valence-electron chi connectivity index (χ4n) is 3.34. The van der Waals surface area contributed by atoms with Crippen LogP contribution in [-0.4, -0.2) is 55.3 Å². The summed E-state index contributed by atoms with van der Waals surface area (Å²) in [5, 5.41) is 3.36. The zero-order valence-corrected chi connectivity index (χ0v) is 13.6. The second-order valence-electron chi connectivity index (χ2n) is 5.92. The Morgan fingerprint density at radius 2 is 2.27 bits per heavy atom. The van der Waals surface area contributed by atoms with Gasteiger partial charge >= 0.3 is 0 Å². The molecule has 3 atom stereocenters. The highest BCUT2D eigenvalue weighted by Crippen LogP contribution is 2.31. The first-order valence-corrected chi connectivity index (χ1v) is 9.48. The molecule has 0 saturated carbocycles. The topological polar surface area (TPSA) is 71.5 Å². The van der Waals surface area contributed by atoms with Crippen molar-refractivity contribution in [1.82, 2.24) is 9.29 Å². The maximum Gasteiger partial charge on any atom is 0.213 e. The van der Waals surface area contributed by atoms with E-state index in [9.17, 15) is 8.42 Å². The van der Waals surface area contributed by atoms with E-state index >= 15 is 0 Å². The Labute approximate surface area is 131 Å². The quantitative estimate of drug-likeness (QED) is 0.904. The normalized spacial score (nSPS) is 29.8. The molecule has 2 fully saturated rings. The Balaban J connectivity index is 1.81. The highest BCUT2D eigenvalue weighted by Gasteiger charge is 2.42. The molecule has 3 rings (SSSR count). The van der Waals surface area contributed by atoms with Gasteiger partial charge in [-0.1, -0.05) is 6.07 Å². The lowest BCUT2D eigenvalue weighted by Crippen LogP contribution is -2.59. The summed E-state index contributed by atoms with van der Waals surface area (Å²) in [6.45, 7) is 3.46.